The van der Waals surface area contributed by atoms with E-state index in [0.29, 0.717) is 17.0 Å². The third-order valence-corrected chi connectivity index (χ3v) is 3.70. The number of hydrazone groups is 1. The number of benzene rings is 2. The van der Waals surface area contributed by atoms with Gasteiger partial charge < -0.3 is 9.63 Å². The van der Waals surface area contributed by atoms with Crippen molar-refractivity contribution in [1.82, 2.24) is 10.6 Å². The van der Waals surface area contributed by atoms with Crippen LogP contribution in [-0.2, 0) is 0 Å². The molecule has 0 fully saturated rings. The van der Waals surface area contributed by atoms with E-state index in [4.69, 9.17) is 4.52 Å². The van der Waals surface area contributed by atoms with Crippen molar-refractivity contribution in [2.75, 3.05) is 0 Å². The van der Waals surface area contributed by atoms with Crippen molar-refractivity contribution in [3.63, 3.8) is 0 Å². The summed E-state index contributed by atoms with van der Waals surface area (Å²) in [5.74, 6) is -0.941. The topological polar surface area (TPSA) is 134 Å². The SMILES string of the molecule is Cc1onc(-c2ccccc2)c1C(=O)N/N=C\c1ccc([N+](=O)[O-])c([O-])c1. The predicted molar refractivity (Wildman–Crippen MR) is 94.3 cm³/mol. The van der Waals surface area contributed by atoms with Gasteiger partial charge in [-0.15, -0.1) is 0 Å². The first-order valence-electron chi connectivity index (χ1n) is 7.78. The molecule has 9 nitrogen and oxygen atoms in total. The zero-order valence-electron chi connectivity index (χ0n) is 14.1. The highest BCUT2D eigenvalue weighted by Crippen LogP contribution is 2.25. The first-order valence-corrected chi connectivity index (χ1v) is 7.78. The second-order valence-corrected chi connectivity index (χ2v) is 5.51. The van der Waals surface area contributed by atoms with Crippen molar-refractivity contribution in [1.29, 1.82) is 0 Å². The smallest absolute Gasteiger partial charge is 0.277 e. The minimum atomic E-state index is -0.759. The van der Waals surface area contributed by atoms with Gasteiger partial charge in [-0.1, -0.05) is 41.6 Å². The summed E-state index contributed by atoms with van der Waals surface area (Å²) in [6.45, 7) is 1.61. The second-order valence-electron chi connectivity index (χ2n) is 5.51. The molecule has 0 saturated carbocycles. The van der Waals surface area contributed by atoms with E-state index < -0.39 is 22.3 Å². The lowest BCUT2D eigenvalue weighted by molar-refractivity contribution is -0.398. The van der Waals surface area contributed by atoms with Gasteiger partial charge >= 0.3 is 0 Å². The molecule has 0 unspecified atom stereocenters. The van der Waals surface area contributed by atoms with E-state index in [-0.39, 0.29) is 5.56 Å². The van der Waals surface area contributed by atoms with E-state index in [0.717, 1.165) is 17.7 Å². The average Bonchev–Trinajstić information content (AvgIpc) is 3.04. The zero-order chi connectivity index (χ0) is 19.4. The minimum Gasteiger partial charge on any atom is -0.868 e. The molecular formula is C18H13N4O5-. The maximum atomic E-state index is 12.4. The molecule has 0 aliphatic rings. The van der Waals surface area contributed by atoms with Crippen molar-refractivity contribution >= 4 is 17.8 Å². The third kappa shape index (κ3) is 3.82. The fraction of sp³-hybridized carbons (Fsp3) is 0.0556. The highest BCUT2D eigenvalue weighted by Gasteiger charge is 2.21. The van der Waals surface area contributed by atoms with Crippen LogP contribution in [0, 0.1) is 17.0 Å². The lowest BCUT2D eigenvalue weighted by Gasteiger charge is -2.06. The number of nitro benzene ring substituents is 1. The molecule has 1 amide bonds. The number of nitrogens with one attached hydrogen (secondary N) is 1. The Labute approximate surface area is 153 Å². The van der Waals surface area contributed by atoms with Crippen LogP contribution in [0.2, 0.25) is 0 Å². The maximum absolute atomic E-state index is 12.4. The third-order valence-electron chi connectivity index (χ3n) is 3.70. The highest BCUT2D eigenvalue weighted by molar-refractivity contribution is 6.01. The van der Waals surface area contributed by atoms with Crippen LogP contribution in [0.1, 0.15) is 21.7 Å². The summed E-state index contributed by atoms with van der Waals surface area (Å²) in [4.78, 5) is 22.3. The van der Waals surface area contributed by atoms with Crippen molar-refractivity contribution in [2.45, 2.75) is 6.92 Å². The van der Waals surface area contributed by atoms with E-state index >= 15 is 0 Å². The van der Waals surface area contributed by atoms with Crippen molar-refractivity contribution in [3.05, 3.63) is 75.5 Å². The molecule has 1 aromatic heterocycles. The fourth-order valence-electron chi connectivity index (χ4n) is 2.42. The summed E-state index contributed by atoms with van der Waals surface area (Å²) < 4.78 is 5.12. The van der Waals surface area contributed by atoms with Crippen molar-refractivity contribution < 1.29 is 19.3 Å². The number of rotatable bonds is 5. The molecule has 0 atom stereocenters. The fourth-order valence-corrected chi connectivity index (χ4v) is 2.42. The quantitative estimate of drug-likeness (QED) is 0.419. The summed E-state index contributed by atoms with van der Waals surface area (Å²) in [5, 5.41) is 30.0. The Balaban J connectivity index is 1.77. The van der Waals surface area contributed by atoms with E-state index in [2.05, 4.69) is 15.7 Å². The molecule has 27 heavy (non-hydrogen) atoms. The van der Waals surface area contributed by atoms with E-state index in [1.807, 2.05) is 18.2 Å². The lowest BCUT2D eigenvalue weighted by atomic mass is 10.1. The van der Waals surface area contributed by atoms with Crippen LogP contribution in [0.4, 0.5) is 5.69 Å². The molecule has 0 radical (unpaired) electrons. The van der Waals surface area contributed by atoms with Crippen LogP contribution in [0.3, 0.4) is 0 Å². The Hall–Kier alpha value is -4.01. The number of aryl methyl sites for hydroxylation is 1. The first kappa shape index (κ1) is 17.8. The van der Waals surface area contributed by atoms with E-state index in [9.17, 15) is 20.0 Å². The van der Waals surface area contributed by atoms with E-state index in [1.54, 1.807) is 19.1 Å². The van der Waals surface area contributed by atoms with Gasteiger partial charge in [0.15, 0.2) is 0 Å². The molecule has 9 heteroatoms. The summed E-state index contributed by atoms with van der Waals surface area (Å²) in [5.41, 5.74) is 3.47. The van der Waals surface area contributed by atoms with Crippen LogP contribution >= 0.6 is 0 Å². The van der Waals surface area contributed by atoms with Crippen LogP contribution in [0.25, 0.3) is 11.3 Å². The molecule has 0 aliphatic heterocycles. The first-order chi connectivity index (χ1) is 13.0. The molecule has 0 spiro atoms. The van der Waals surface area contributed by atoms with Crippen LogP contribution in [0.15, 0.2) is 58.2 Å². The number of amides is 1. The van der Waals surface area contributed by atoms with Gasteiger partial charge in [-0.3, -0.25) is 14.9 Å². The molecule has 1 N–H and O–H groups in total. The van der Waals surface area contributed by atoms with Crippen LogP contribution < -0.4 is 10.5 Å². The molecule has 3 aromatic rings. The minimum absolute atomic E-state index is 0.242. The molecular weight excluding hydrogens is 352 g/mol. The molecule has 1 heterocycles. The largest absolute Gasteiger partial charge is 0.868 e. The second kappa shape index (κ2) is 7.48. The Bertz CT molecular complexity index is 1030. The van der Waals surface area contributed by atoms with E-state index in [1.165, 1.54) is 12.3 Å². The number of nitrogens with zero attached hydrogens (tertiary/aromatic N) is 3. The number of carbonyl (C=O) groups is 1. The van der Waals surface area contributed by atoms with Gasteiger partial charge in [0.1, 0.15) is 17.0 Å². The molecule has 0 saturated heterocycles. The van der Waals surface area contributed by atoms with Crippen molar-refractivity contribution in [2.24, 2.45) is 5.10 Å². The summed E-state index contributed by atoms with van der Waals surface area (Å²) >= 11 is 0. The number of carbonyl (C=O) groups excluding carboxylic acids is 1. The van der Waals surface area contributed by atoms with Crippen LogP contribution in [0.5, 0.6) is 5.75 Å². The Morgan fingerprint density at radius 2 is 2.00 bits per heavy atom. The normalized spacial score (nSPS) is 10.9. The summed E-state index contributed by atoms with van der Waals surface area (Å²) in [6.07, 6.45) is 1.22. The van der Waals surface area contributed by atoms with Gasteiger partial charge in [0.05, 0.1) is 11.1 Å². The number of nitro groups is 1. The molecule has 0 aliphatic carbocycles. The van der Waals surface area contributed by atoms with Gasteiger partial charge in [0.2, 0.25) is 0 Å². The van der Waals surface area contributed by atoms with Crippen molar-refractivity contribution in [3.8, 4) is 17.0 Å². The molecule has 2 aromatic carbocycles. The van der Waals surface area contributed by atoms with Gasteiger partial charge in [-0.25, -0.2) is 5.43 Å². The van der Waals surface area contributed by atoms with Gasteiger partial charge in [-0.2, -0.15) is 5.10 Å². The standard InChI is InChI=1S/C18H14N4O5/c1-11-16(17(21-27-11)13-5-3-2-4-6-13)18(24)20-19-10-12-7-8-14(22(25)26)15(23)9-12/h2-10,23H,1H3,(H,20,24)/p-1/b19-10-. The zero-order valence-corrected chi connectivity index (χ0v) is 14.1. The van der Waals surface area contributed by atoms with Gasteiger partial charge in [0, 0.05) is 11.6 Å². The number of aromatic nitrogens is 1. The van der Waals surface area contributed by atoms with Gasteiger partial charge in [0.25, 0.3) is 11.6 Å². The summed E-state index contributed by atoms with van der Waals surface area (Å²) in [6, 6.07) is 12.6. The highest BCUT2D eigenvalue weighted by atomic mass is 16.6. The molecule has 136 valence electrons. The maximum Gasteiger partial charge on any atom is 0.277 e. The Morgan fingerprint density at radius 3 is 2.67 bits per heavy atom. The number of hydrogen-bond acceptors (Lipinski definition) is 7. The monoisotopic (exact) mass is 365 g/mol. The Morgan fingerprint density at radius 1 is 1.26 bits per heavy atom. The molecule has 0 bridgehead atoms. The lowest BCUT2D eigenvalue weighted by Crippen LogP contribution is -2.18. The van der Waals surface area contributed by atoms with Crippen LogP contribution in [-0.4, -0.2) is 22.2 Å². The summed E-state index contributed by atoms with van der Waals surface area (Å²) in [7, 11) is 0. The number of hydrogen-bond donors (Lipinski definition) is 1. The predicted octanol–water partition coefficient (Wildman–Crippen LogP) is 2.40. The molecule has 3 rings (SSSR count). The Kier molecular flexibility index (Phi) is 4.93. The van der Waals surface area contributed by atoms with Gasteiger partial charge in [-0.05, 0) is 24.3 Å². The average molecular weight is 365 g/mol.